The summed E-state index contributed by atoms with van der Waals surface area (Å²) in [7, 11) is 0. The van der Waals surface area contributed by atoms with Gasteiger partial charge in [0.25, 0.3) is 5.69 Å². The normalized spacial score (nSPS) is 11.5. The van der Waals surface area contributed by atoms with Gasteiger partial charge in [-0.2, -0.15) is 0 Å². The third kappa shape index (κ3) is 3.53. The Kier molecular flexibility index (Phi) is 5.34. The SMILES string of the molecule is O=[N+]([O-])c1ccc(S(=O)[O-])cc1.[Na+]. The Bertz CT molecular complexity index is 293. The molecule has 1 aromatic rings. The molecule has 64 valence electrons. The van der Waals surface area contributed by atoms with Crippen molar-refractivity contribution in [3.05, 3.63) is 34.4 Å². The molecule has 1 rings (SSSR count). The molecular formula is C6H4NNaO4S. The molecular weight excluding hydrogens is 205 g/mol. The minimum atomic E-state index is -2.32. The van der Waals surface area contributed by atoms with Crippen molar-refractivity contribution < 1.29 is 43.2 Å². The fraction of sp³-hybridized carbons (Fsp3) is 0. The zero-order chi connectivity index (χ0) is 9.14. The van der Waals surface area contributed by atoms with E-state index in [9.17, 15) is 18.9 Å². The van der Waals surface area contributed by atoms with Crippen molar-refractivity contribution in [3.63, 3.8) is 0 Å². The van der Waals surface area contributed by atoms with Crippen LogP contribution in [0.3, 0.4) is 0 Å². The first kappa shape index (κ1) is 12.7. The van der Waals surface area contributed by atoms with Crippen molar-refractivity contribution >= 4 is 16.8 Å². The van der Waals surface area contributed by atoms with Crippen LogP contribution >= 0.6 is 0 Å². The van der Waals surface area contributed by atoms with E-state index in [-0.39, 0.29) is 40.1 Å². The van der Waals surface area contributed by atoms with E-state index in [0.29, 0.717) is 0 Å². The Balaban J connectivity index is 0.00000144. The minimum Gasteiger partial charge on any atom is -0.768 e. The van der Waals surface area contributed by atoms with Crippen LogP contribution in [0.1, 0.15) is 0 Å². The average molecular weight is 209 g/mol. The number of nitrogens with zero attached hydrogens (tertiary/aromatic N) is 1. The van der Waals surface area contributed by atoms with Gasteiger partial charge in [-0.15, -0.1) is 0 Å². The number of hydrogen-bond donors (Lipinski definition) is 0. The van der Waals surface area contributed by atoms with Crippen LogP contribution in [0.2, 0.25) is 0 Å². The van der Waals surface area contributed by atoms with Gasteiger partial charge in [0.2, 0.25) is 0 Å². The van der Waals surface area contributed by atoms with Gasteiger partial charge in [0.1, 0.15) is 0 Å². The van der Waals surface area contributed by atoms with E-state index >= 15 is 0 Å². The molecule has 0 fully saturated rings. The molecule has 1 atom stereocenters. The molecule has 13 heavy (non-hydrogen) atoms. The van der Waals surface area contributed by atoms with Crippen LogP contribution in [0.25, 0.3) is 0 Å². The monoisotopic (exact) mass is 209 g/mol. The summed E-state index contributed by atoms with van der Waals surface area (Å²) in [6.45, 7) is 0. The largest absolute Gasteiger partial charge is 1.00 e. The van der Waals surface area contributed by atoms with E-state index in [1.165, 1.54) is 12.1 Å². The summed E-state index contributed by atoms with van der Waals surface area (Å²) in [5.74, 6) is 0. The molecule has 0 N–H and O–H groups in total. The summed E-state index contributed by atoms with van der Waals surface area (Å²) in [5.41, 5.74) is -0.121. The fourth-order valence-corrected chi connectivity index (χ4v) is 1.04. The maximum Gasteiger partial charge on any atom is 1.00 e. The van der Waals surface area contributed by atoms with Gasteiger partial charge in [-0.1, -0.05) is 0 Å². The predicted octanol–water partition coefficient (Wildman–Crippen LogP) is -2.16. The van der Waals surface area contributed by atoms with Gasteiger partial charge < -0.3 is 4.55 Å². The van der Waals surface area contributed by atoms with Crippen molar-refractivity contribution in [2.75, 3.05) is 0 Å². The molecule has 0 heterocycles. The molecule has 0 bridgehead atoms. The molecule has 0 aliphatic heterocycles. The van der Waals surface area contributed by atoms with Crippen LogP contribution in [-0.2, 0) is 11.1 Å². The van der Waals surface area contributed by atoms with Crippen LogP contribution < -0.4 is 29.6 Å². The van der Waals surface area contributed by atoms with E-state index in [0.717, 1.165) is 12.1 Å². The van der Waals surface area contributed by atoms with Crippen LogP contribution in [0.4, 0.5) is 5.69 Å². The molecule has 0 saturated heterocycles. The van der Waals surface area contributed by atoms with E-state index < -0.39 is 16.0 Å². The van der Waals surface area contributed by atoms with Crippen molar-refractivity contribution in [2.24, 2.45) is 0 Å². The smallest absolute Gasteiger partial charge is 0.768 e. The summed E-state index contributed by atoms with van der Waals surface area (Å²) in [5, 5.41) is 10.1. The summed E-state index contributed by atoms with van der Waals surface area (Å²) in [6, 6.07) is 4.65. The molecule has 0 aliphatic carbocycles. The number of benzene rings is 1. The molecule has 0 radical (unpaired) electrons. The number of non-ortho nitro benzene ring substituents is 1. The van der Waals surface area contributed by atoms with Crippen LogP contribution in [0.5, 0.6) is 0 Å². The van der Waals surface area contributed by atoms with E-state index in [1.807, 2.05) is 0 Å². The Morgan fingerprint density at radius 2 is 1.69 bits per heavy atom. The maximum atomic E-state index is 10.3. The van der Waals surface area contributed by atoms with Crippen molar-refractivity contribution in [2.45, 2.75) is 4.90 Å². The van der Waals surface area contributed by atoms with E-state index in [4.69, 9.17) is 0 Å². The Morgan fingerprint density at radius 1 is 1.23 bits per heavy atom. The topological polar surface area (TPSA) is 83.3 Å². The Labute approximate surface area is 98.9 Å². The Morgan fingerprint density at radius 3 is 2.00 bits per heavy atom. The Hall–Kier alpha value is -0.270. The van der Waals surface area contributed by atoms with Crippen molar-refractivity contribution in [3.8, 4) is 0 Å². The van der Waals surface area contributed by atoms with Crippen LogP contribution in [0, 0.1) is 10.1 Å². The minimum absolute atomic E-state index is 0. The van der Waals surface area contributed by atoms with E-state index in [1.54, 1.807) is 0 Å². The number of nitro benzene ring substituents is 1. The molecule has 0 aromatic heterocycles. The first-order valence-corrected chi connectivity index (χ1v) is 4.02. The van der Waals surface area contributed by atoms with E-state index in [2.05, 4.69) is 0 Å². The molecule has 0 amide bonds. The van der Waals surface area contributed by atoms with Gasteiger partial charge >= 0.3 is 29.6 Å². The molecule has 1 aromatic carbocycles. The summed E-state index contributed by atoms with van der Waals surface area (Å²) < 4.78 is 20.6. The standard InChI is InChI=1S/C6H5NO4S.Na/c8-7(9)5-1-3-6(4-2-5)12(10)11;/h1-4H,(H,10,11);/q;+1/p-1. The van der Waals surface area contributed by atoms with Gasteiger partial charge in [-0.25, -0.2) is 0 Å². The zero-order valence-corrected chi connectivity index (χ0v) is 9.61. The summed E-state index contributed by atoms with van der Waals surface area (Å²) in [6.07, 6.45) is 0. The molecule has 1 unspecified atom stereocenters. The van der Waals surface area contributed by atoms with Gasteiger partial charge in [0.05, 0.1) is 4.92 Å². The quantitative estimate of drug-likeness (QED) is 0.240. The van der Waals surface area contributed by atoms with Crippen LogP contribution in [-0.4, -0.2) is 13.7 Å². The molecule has 0 saturated carbocycles. The first-order valence-electron chi connectivity index (χ1n) is 2.95. The second-order valence-electron chi connectivity index (χ2n) is 1.99. The predicted molar refractivity (Wildman–Crippen MR) is 40.3 cm³/mol. The number of rotatable bonds is 2. The summed E-state index contributed by atoms with van der Waals surface area (Å²) in [4.78, 5) is 9.59. The number of nitro groups is 1. The van der Waals surface area contributed by atoms with Gasteiger partial charge in [0, 0.05) is 17.0 Å². The third-order valence-electron chi connectivity index (χ3n) is 1.24. The average Bonchev–Trinajstić information content (AvgIpc) is 2.04. The first-order chi connectivity index (χ1) is 5.61. The second kappa shape index (κ2) is 5.46. The third-order valence-corrected chi connectivity index (χ3v) is 1.90. The van der Waals surface area contributed by atoms with Gasteiger partial charge in [-0.3, -0.25) is 14.3 Å². The summed E-state index contributed by atoms with van der Waals surface area (Å²) >= 11 is -2.32. The molecule has 5 nitrogen and oxygen atoms in total. The van der Waals surface area contributed by atoms with Gasteiger partial charge in [-0.05, 0) is 23.2 Å². The number of hydrogen-bond acceptors (Lipinski definition) is 4. The fourth-order valence-electron chi connectivity index (χ4n) is 0.679. The molecule has 7 heteroatoms. The molecule has 0 spiro atoms. The molecule has 0 aliphatic rings. The zero-order valence-electron chi connectivity index (χ0n) is 6.80. The second-order valence-corrected chi connectivity index (χ2v) is 2.93. The van der Waals surface area contributed by atoms with Crippen molar-refractivity contribution in [1.29, 1.82) is 0 Å². The maximum absolute atomic E-state index is 10.3. The van der Waals surface area contributed by atoms with Crippen LogP contribution in [0.15, 0.2) is 29.2 Å². The van der Waals surface area contributed by atoms with Crippen molar-refractivity contribution in [1.82, 2.24) is 0 Å². The van der Waals surface area contributed by atoms with Gasteiger partial charge in [0.15, 0.2) is 0 Å².